The second-order valence-corrected chi connectivity index (χ2v) is 3.11. The summed E-state index contributed by atoms with van der Waals surface area (Å²) in [5.74, 6) is 1.03. The van der Waals surface area contributed by atoms with Gasteiger partial charge < -0.3 is 5.32 Å². The summed E-state index contributed by atoms with van der Waals surface area (Å²) in [4.78, 5) is 4.32. The van der Waals surface area contributed by atoms with Gasteiger partial charge in [-0.2, -0.15) is 0 Å². The number of aliphatic imine (C=N–C) groups is 1. The van der Waals surface area contributed by atoms with Gasteiger partial charge in [-0.1, -0.05) is 0 Å². The van der Waals surface area contributed by atoms with Crippen LogP contribution in [-0.4, -0.2) is 17.9 Å². The van der Waals surface area contributed by atoms with Crippen molar-refractivity contribution in [2.75, 3.05) is 0 Å². The molecular formula is C8H18N2Ru. The van der Waals surface area contributed by atoms with E-state index in [0.29, 0.717) is 12.1 Å². The number of hydrogen-bond donors (Lipinski definition) is 1. The number of amidine groups is 1. The van der Waals surface area contributed by atoms with Crippen LogP contribution in [-0.2, 0) is 19.5 Å². The molecule has 0 aliphatic rings. The van der Waals surface area contributed by atoms with Gasteiger partial charge in [-0.05, 0) is 34.6 Å². The van der Waals surface area contributed by atoms with E-state index in [9.17, 15) is 0 Å². The number of rotatable bonds is 2. The Kier molecular flexibility index (Phi) is 8.43. The molecule has 0 unspecified atom stereocenters. The van der Waals surface area contributed by atoms with Gasteiger partial charge in [0.05, 0.1) is 5.84 Å². The normalized spacial score (nSPS) is 11.7. The Balaban J connectivity index is 0. The molecule has 0 heterocycles. The van der Waals surface area contributed by atoms with Crippen LogP contribution < -0.4 is 5.32 Å². The zero-order chi connectivity index (χ0) is 8.15. The third-order valence-corrected chi connectivity index (χ3v) is 0.949. The summed E-state index contributed by atoms with van der Waals surface area (Å²) >= 11 is 0. The molecule has 0 saturated heterocycles. The first-order valence-electron chi connectivity index (χ1n) is 3.83. The van der Waals surface area contributed by atoms with Crippen LogP contribution in [0.5, 0.6) is 0 Å². The van der Waals surface area contributed by atoms with Crippen LogP contribution >= 0.6 is 0 Å². The molecule has 0 aromatic carbocycles. The van der Waals surface area contributed by atoms with Gasteiger partial charge in [0.2, 0.25) is 0 Å². The second kappa shape index (κ2) is 6.78. The quantitative estimate of drug-likeness (QED) is 0.446. The summed E-state index contributed by atoms with van der Waals surface area (Å²) in [6.07, 6.45) is 0. The van der Waals surface area contributed by atoms with E-state index >= 15 is 0 Å². The van der Waals surface area contributed by atoms with E-state index in [0.717, 1.165) is 5.84 Å². The molecule has 0 fully saturated rings. The van der Waals surface area contributed by atoms with Crippen molar-refractivity contribution in [1.29, 1.82) is 0 Å². The molecule has 11 heavy (non-hydrogen) atoms. The molecule has 0 spiro atoms. The van der Waals surface area contributed by atoms with Crippen LogP contribution in [0.2, 0.25) is 0 Å². The molecule has 0 aliphatic heterocycles. The maximum Gasteiger partial charge on any atom is 0.0936 e. The molecule has 0 aliphatic carbocycles. The Morgan fingerprint density at radius 1 is 1.18 bits per heavy atom. The maximum absolute atomic E-state index is 4.32. The summed E-state index contributed by atoms with van der Waals surface area (Å²) < 4.78 is 0. The van der Waals surface area contributed by atoms with Crippen molar-refractivity contribution in [3.05, 3.63) is 0 Å². The minimum absolute atomic E-state index is 0. The van der Waals surface area contributed by atoms with Gasteiger partial charge in [0.15, 0.2) is 0 Å². The van der Waals surface area contributed by atoms with Gasteiger partial charge in [0, 0.05) is 31.6 Å². The molecule has 1 N–H and O–H groups in total. The molecule has 0 amide bonds. The summed E-state index contributed by atoms with van der Waals surface area (Å²) in [6, 6.07) is 0.883. The molecule has 0 saturated carbocycles. The monoisotopic (exact) mass is 244 g/mol. The fraction of sp³-hybridized carbons (Fsp3) is 0.875. The van der Waals surface area contributed by atoms with Gasteiger partial charge in [-0.3, -0.25) is 4.99 Å². The van der Waals surface area contributed by atoms with Crippen molar-refractivity contribution in [2.45, 2.75) is 46.7 Å². The summed E-state index contributed by atoms with van der Waals surface area (Å²) in [5, 5.41) is 3.22. The summed E-state index contributed by atoms with van der Waals surface area (Å²) in [7, 11) is 0. The first-order chi connectivity index (χ1) is 4.52. The van der Waals surface area contributed by atoms with Crippen LogP contribution in [0.1, 0.15) is 34.6 Å². The third kappa shape index (κ3) is 10.1. The molecule has 0 atom stereocenters. The van der Waals surface area contributed by atoms with Crippen molar-refractivity contribution in [2.24, 2.45) is 4.99 Å². The smallest absolute Gasteiger partial charge is 0.0936 e. The minimum atomic E-state index is 0. The predicted molar refractivity (Wildman–Crippen MR) is 46.5 cm³/mol. The fourth-order valence-corrected chi connectivity index (χ4v) is 0.842. The fourth-order valence-electron chi connectivity index (χ4n) is 0.842. The van der Waals surface area contributed by atoms with Crippen molar-refractivity contribution in [3.8, 4) is 0 Å². The Morgan fingerprint density at radius 2 is 1.64 bits per heavy atom. The minimum Gasteiger partial charge on any atom is -0.372 e. The van der Waals surface area contributed by atoms with E-state index < -0.39 is 0 Å². The van der Waals surface area contributed by atoms with E-state index in [-0.39, 0.29) is 19.5 Å². The van der Waals surface area contributed by atoms with Crippen LogP contribution in [0, 0.1) is 0 Å². The average Bonchev–Trinajstić information content (AvgIpc) is 1.58. The van der Waals surface area contributed by atoms with Crippen molar-refractivity contribution < 1.29 is 19.5 Å². The van der Waals surface area contributed by atoms with Gasteiger partial charge in [-0.15, -0.1) is 0 Å². The summed E-state index contributed by atoms with van der Waals surface area (Å²) in [5.41, 5.74) is 0. The first-order valence-corrected chi connectivity index (χ1v) is 3.83. The SMILES string of the molecule is CC(=NC(C)C)NC(C)C.[Ru]. The number of nitrogens with zero attached hydrogens (tertiary/aromatic N) is 1. The molecular weight excluding hydrogens is 225 g/mol. The Labute approximate surface area is 82.6 Å². The molecule has 0 aromatic rings. The number of hydrogen-bond acceptors (Lipinski definition) is 1. The molecule has 0 rings (SSSR count). The molecule has 3 heteroatoms. The third-order valence-electron chi connectivity index (χ3n) is 0.949. The van der Waals surface area contributed by atoms with Gasteiger partial charge in [0.1, 0.15) is 0 Å². The molecule has 0 bridgehead atoms. The van der Waals surface area contributed by atoms with Gasteiger partial charge >= 0.3 is 0 Å². The van der Waals surface area contributed by atoms with E-state index in [1.807, 2.05) is 6.92 Å². The topological polar surface area (TPSA) is 24.4 Å². The van der Waals surface area contributed by atoms with Crippen LogP contribution in [0.4, 0.5) is 0 Å². The Morgan fingerprint density at radius 3 is 1.91 bits per heavy atom. The predicted octanol–water partition coefficient (Wildman–Crippen LogP) is 1.81. The van der Waals surface area contributed by atoms with Crippen LogP contribution in [0.15, 0.2) is 4.99 Å². The Bertz CT molecular complexity index is 119. The zero-order valence-corrected chi connectivity index (χ0v) is 9.69. The Hall–Kier alpha value is 0.0934. The number of nitrogens with one attached hydrogen (secondary N) is 1. The van der Waals surface area contributed by atoms with Crippen molar-refractivity contribution in [3.63, 3.8) is 0 Å². The maximum atomic E-state index is 4.32. The van der Waals surface area contributed by atoms with Crippen LogP contribution in [0.3, 0.4) is 0 Å². The van der Waals surface area contributed by atoms with Gasteiger partial charge in [-0.25, -0.2) is 0 Å². The van der Waals surface area contributed by atoms with E-state index in [2.05, 4.69) is 38.0 Å². The van der Waals surface area contributed by atoms with E-state index in [1.54, 1.807) is 0 Å². The van der Waals surface area contributed by atoms with Gasteiger partial charge in [0.25, 0.3) is 0 Å². The molecule has 0 aromatic heterocycles. The summed E-state index contributed by atoms with van der Waals surface area (Å²) in [6.45, 7) is 10.4. The second-order valence-electron chi connectivity index (χ2n) is 3.11. The van der Waals surface area contributed by atoms with Crippen LogP contribution in [0.25, 0.3) is 0 Å². The first kappa shape index (κ1) is 13.7. The average molecular weight is 243 g/mol. The van der Waals surface area contributed by atoms with E-state index in [4.69, 9.17) is 0 Å². The molecule has 0 radical (unpaired) electrons. The molecule has 68 valence electrons. The standard InChI is InChI=1S/C8H18N2.Ru/c1-6(2)9-8(5)10-7(3)4;/h6-7H,1-5H3,(H,9,10);. The molecule has 2 nitrogen and oxygen atoms in total. The zero-order valence-electron chi connectivity index (χ0n) is 7.96. The van der Waals surface area contributed by atoms with Crippen molar-refractivity contribution >= 4 is 5.84 Å². The van der Waals surface area contributed by atoms with E-state index in [1.165, 1.54) is 0 Å². The van der Waals surface area contributed by atoms with Crippen molar-refractivity contribution in [1.82, 2.24) is 5.32 Å². The largest absolute Gasteiger partial charge is 0.372 e.